The summed E-state index contributed by atoms with van der Waals surface area (Å²) in [6, 6.07) is 7.49. The monoisotopic (exact) mass is 372 g/mol. The van der Waals surface area contributed by atoms with Crippen LogP contribution in [0.1, 0.15) is 19.7 Å². The Bertz CT molecular complexity index is 1050. The van der Waals surface area contributed by atoms with Crippen LogP contribution in [0.2, 0.25) is 0 Å². The molecule has 6 nitrogen and oxygen atoms in total. The number of carbonyl (C=O) groups is 1. The van der Waals surface area contributed by atoms with Crippen LogP contribution in [0.3, 0.4) is 0 Å². The predicted molar refractivity (Wildman–Crippen MR) is 102 cm³/mol. The van der Waals surface area contributed by atoms with Crippen molar-refractivity contribution in [2.75, 3.05) is 7.11 Å². The molecule has 0 aliphatic carbocycles. The van der Waals surface area contributed by atoms with Crippen molar-refractivity contribution in [1.29, 1.82) is 0 Å². The Balaban J connectivity index is 2.21. The lowest BCUT2D eigenvalue weighted by atomic mass is 9.93. The average Bonchev–Trinajstić information content (AvgIpc) is 3.02. The lowest BCUT2D eigenvalue weighted by Crippen LogP contribution is -2.35. The summed E-state index contributed by atoms with van der Waals surface area (Å²) in [6.45, 7) is 4.98. The van der Waals surface area contributed by atoms with Crippen LogP contribution in [0.25, 0.3) is 21.3 Å². The van der Waals surface area contributed by atoms with Gasteiger partial charge in [0.1, 0.15) is 16.4 Å². The SMILES string of the molecule is COc1cccc(-c2csc3nc(C)n(CC(C)(C)C(=O)O)c(=O)c23)c1. The zero-order chi connectivity index (χ0) is 19.1. The van der Waals surface area contributed by atoms with Crippen LogP contribution in [0.5, 0.6) is 5.75 Å². The zero-order valence-electron chi connectivity index (χ0n) is 15.1. The number of thiophene rings is 1. The number of methoxy groups -OCH3 is 1. The summed E-state index contributed by atoms with van der Waals surface area (Å²) in [5.74, 6) is 0.257. The van der Waals surface area contributed by atoms with Gasteiger partial charge in [-0.1, -0.05) is 12.1 Å². The van der Waals surface area contributed by atoms with E-state index in [2.05, 4.69) is 4.98 Å². The maximum atomic E-state index is 13.2. The van der Waals surface area contributed by atoms with E-state index in [-0.39, 0.29) is 12.1 Å². The molecule has 3 rings (SSSR count). The molecule has 0 radical (unpaired) electrons. The van der Waals surface area contributed by atoms with Crippen molar-refractivity contribution in [1.82, 2.24) is 9.55 Å². The number of aryl methyl sites for hydroxylation is 1. The van der Waals surface area contributed by atoms with Gasteiger partial charge in [0.2, 0.25) is 0 Å². The number of carboxylic acids is 1. The molecule has 0 bridgehead atoms. The highest BCUT2D eigenvalue weighted by Gasteiger charge is 2.29. The third-order valence-electron chi connectivity index (χ3n) is 4.40. The van der Waals surface area contributed by atoms with E-state index in [0.717, 1.165) is 11.1 Å². The number of nitrogens with zero attached hydrogens (tertiary/aromatic N) is 2. The molecule has 0 spiro atoms. The van der Waals surface area contributed by atoms with Crippen LogP contribution in [-0.2, 0) is 11.3 Å². The first kappa shape index (κ1) is 18.1. The highest BCUT2D eigenvalue weighted by Crippen LogP contribution is 2.33. The molecule has 1 aromatic carbocycles. The van der Waals surface area contributed by atoms with Crippen molar-refractivity contribution in [2.24, 2.45) is 5.41 Å². The van der Waals surface area contributed by atoms with Gasteiger partial charge >= 0.3 is 5.97 Å². The number of aromatic nitrogens is 2. The van der Waals surface area contributed by atoms with Crippen LogP contribution in [-0.4, -0.2) is 27.7 Å². The minimum Gasteiger partial charge on any atom is -0.497 e. The van der Waals surface area contributed by atoms with E-state index in [1.54, 1.807) is 27.9 Å². The standard InChI is InChI=1S/C19H20N2O4S/c1-11-20-16-15(17(22)21(11)10-19(2,3)18(23)24)14(9-26-16)12-6-5-7-13(8-12)25-4/h5-9H,10H2,1-4H3,(H,23,24). The van der Waals surface area contributed by atoms with Crippen LogP contribution >= 0.6 is 11.3 Å². The van der Waals surface area contributed by atoms with Crippen molar-refractivity contribution in [3.05, 3.63) is 45.8 Å². The Morgan fingerprint density at radius 3 is 2.77 bits per heavy atom. The molecular weight excluding hydrogens is 352 g/mol. The molecule has 0 saturated carbocycles. The van der Waals surface area contributed by atoms with Crippen molar-refractivity contribution >= 4 is 27.5 Å². The summed E-state index contributed by atoms with van der Waals surface area (Å²) in [6.07, 6.45) is 0. The molecule has 0 fully saturated rings. The van der Waals surface area contributed by atoms with Crippen LogP contribution < -0.4 is 10.3 Å². The normalized spacial score (nSPS) is 11.7. The molecule has 0 aliphatic heterocycles. The maximum absolute atomic E-state index is 13.2. The molecule has 2 heterocycles. The summed E-state index contributed by atoms with van der Waals surface area (Å²) < 4.78 is 6.72. The van der Waals surface area contributed by atoms with E-state index in [4.69, 9.17) is 4.74 Å². The van der Waals surface area contributed by atoms with E-state index in [1.165, 1.54) is 15.9 Å². The number of aliphatic carboxylic acids is 1. The number of fused-ring (bicyclic) bond motifs is 1. The second-order valence-corrected chi connectivity index (χ2v) is 7.66. The summed E-state index contributed by atoms with van der Waals surface area (Å²) >= 11 is 1.40. The lowest BCUT2D eigenvalue weighted by Gasteiger charge is -2.21. The highest BCUT2D eigenvalue weighted by atomic mass is 32.1. The predicted octanol–water partition coefficient (Wildman–Crippen LogP) is 3.55. The fourth-order valence-corrected chi connectivity index (χ4v) is 3.76. The smallest absolute Gasteiger partial charge is 0.310 e. The van der Waals surface area contributed by atoms with Crippen molar-refractivity contribution in [2.45, 2.75) is 27.3 Å². The average molecular weight is 372 g/mol. The Hall–Kier alpha value is -2.67. The van der Waals surface area contributed by atoms with E-state index in [9.17, 15) is 14.7 Å². The van der Waals surface area contributed by atoms with Gasteiger partial charge in [-0.3, -0.25) is 14.2 Å². The molecule has 0 saturated heterocycles. The number of ether oxygens (including phenoxy) is 1. The third-order valence-corrected chi connectivity index (χ3v) is 5.27. The van der Waals surface area contributed by atoms with Gasteiger partial charge in [-0.15, -0.1) is 11.3 Å². The molecule has 26 heavy (non-hydrogen) atoms. The van der Waals surface area contributed by atoms with Gasteiger partial charge in [0.25, 0.3) is 5.56 Å². The summed E-state index contributed by atoms with van der Waals surface area (Å²) in [4.78, 5) is 29.8. The first-order chi connectivity index (χ1) is 12.2. The minimum atomic E-state index is -1.07. The molecule has 3 aromatic rings. The number of rotatable bonds is 5. The Morgan fingerprint density at radius 1 is 1.38 bits per heavy atom. The van der Waals surface area contributed by atoms with Gasteiger partial charge in [0.05, 0.1) is 17.9 Å². The number of benzene rings is 1. The molecule has 1 N–H and O–H groups in total. The largest absolute Gasteiger partial charge is 0.497 e. The second-order valence-electron chi connectivity index (χ2n) is 6.80. The van der Waals surface area contributed by atoms with Gasteiger partial charge in [-0.25, -0.2) is 4.98 Å². The summed E-state index contributed by atoms with van der Waals surface area (Å²) in [7, 11) is 1.59. The van der Waals surface area contributed by atoms with E-state index in [0.29, 0.717) is 21.8 Å². The van der Waals surface area contributed by atoms with Crippen molar-refractivity contribution in [3.8, 4) is 16.9 Å². The molecule has 0 unspecified atom stereocenters. The Morgan fingerprint density at radius 2 is 2.12 bits per heavy atom. The minimum absolute atomic E-state index is 0.0589. The molecule has 0 amide bonds. The van der Waals surface area contributed by atoms with Crippen LogP contribution in [0.4, 0.5) is 0 Å². The number of hydrogen-bond donors (Lipinski definition) is 1. The first-order valence-electron chi connectivity index (χ1n) is 8.11. The van der Waals surface area contributed by atoms with Gasteiger partial charge in [-0.2, -0.15) is 0 Å². The molecule has 0 aliphatic rings. The fraction of sp³-hybridized carbons (Fsp3) is 0.316. The van der Waals surface area contributed by atoms with Crippen LogP contribution in [0, 0.1) is 12.3 Å². The molecule has 0 atom stereocenters. The van der Waals surface area contributed by atoms with Crippen molar-refractivity contribution < 1.29 is 14.6 Å². The summed E-state index contributed by atoms with van der Waals surface area (Å²) in [5.41, 5.74) is 0.349. The number of hydrogen-bond acceptors (Lipinski definition) is 5. The summed E-state index contributed by atoms with van der Waals surface area (Å²) in [5, 5.41) is 11.8. The maximum Gasteiger partial charge on any atom is 0.310 e. The quantitative estimate of drug-likeness (QED) is 0.741. The van der Waals surface area contributed by atoms with Crippen LogP contribution in [0.15, 0.2) is 34.4 Å². The Kier molecular flexibility index (Phi) is 4.58. The molecule has 2 aromatic heterocycles. The van der Waals surface area contributed by atoms with Gasteiger partial charge in [0.15, 0.2) is 0 Å². The van der Waals surface area contributed by atoms with E-state index >= 15 is 0 Å². The van der Waals surface area contributed by atoms with Gasteiger partial charge in [0, 0.05) is 17.5 Å². The van der Waals surface area contributed by atoms with E-state index < -0.39 is 11.4 Å². The molecule has 7 heteroatoms. The molecule has 136 valence electrons. The highest BCUT2D eigenvalue weighted by molar-refractivity contribution is 7.17. The Labute approximate surface area is 154 Å². The first-order valence-corrected chi connectivity index (χ1v) is 8.99. The second kappa shape index (κ2) is 6.57. The van der Waals surface area contributed by atoms with Crippen molar-refractivity contribution in [3.63, 3.8) is 0 Å². The molecular formula is C19H20N2O4S. The fourth-order valence-electron chi connectivity index (χ4n) is 2.78. The number of carboxylic acid groups (broad SMARTS) is 1. The lowest BCUT2D eigenvalue weighted by molar-refractivity contribution is -0.147. The van der Waals surface area contributed by atoms with Gasteiger partial charge in [-0.05, 0) is 38.5 Å². The van der Waals surface area contributed by atoms with Gasteiger partial charge < -0.3 is 9.84 Å². The zero-order valence-corrected chi connectivity index (χ0v) is 15.9. The topological polar surface area (TPSA) is 81.4 Å². The third kappa shape index (κ3) is 3.10. The van der Waals surface area contributed by atoms with E-state index in [1.807, 2.05) is 29.6 Å².